The zero-order valence-electron chi connectivity index (χ0n) is 16.8. The number of likely N-dealkylation sites (tertiary alicyclic amines) is 2. The second-order valence-corrected chi connectivity index (χ2v) is 9.40. The number of nitrogens with zero attached hydrogens (tertiary/aromatic N) is 2. The maximum Gasteiger partial charge on any atom is 0.251 e. The summed E-state index contributed by atoms with van der Waals surface area (Å²) in [7, 11) is 0. The van der Waals surface area contributed by atoms with E-state index in [1.807, 2.05) is 25.7 Å². The highest BCUT2D eigenvalue weighted by molar-refractivity contribution is 6.31. The number of amides is 2. The molecule has 0 radical (unpaired) electrons. The molecule has 1 aromatic rings. The van der Waals surface area contributed by atoms with Crippen molar-refractivity contribution in [2.45, 2.75) is 39.7 Å². The number of rotatable bonds is 4. The third-order valence-electron chi connectivity index (χ3n) is 5.63. The summed E-state index contributed by atoms with van der Waals surface area (Å²) in [5.74, 6) is -0.167. The fraction of sp³-hybridized carbons (Fsp3) is 0.619. The summed E-state index contributed by atoms with van der Waals surface area (Å²) in [6.45, 7) is 10.1. The van der Waals surface area contributed by atoms with Gasteiger partial charge in [-0.15, -0.1) is 0 Å². The Morgan fingerprint density at radius 1 is 1.18 bits per heavy atom. The monoisotopic (exact) mass is 409 g/mol. The van der Waals surface area contributed by atoms with Crippen molar-refractivity contribution in [1.82, 2.24) is 15.1 Å². The molecule has 2 fully saturated rings. The first kappa shape index (κ1) is 21.1. The van der Waals surface area contributed by atoms with Crippen molar-refractivity contribution in [3.05, 3.63) is 34.6 Å². The molecule has 3 rings (SSSR count). The van der Waals surface area contributed by atoms with Gasteiger partial charge in [0.1, 0.15) is 5.82 Å². The number of nitrogens with one attached hydrogen (secondary N) is 1. The molecule has 1 N–H and O–H groups in total. The summed E-state index contributed by atoms with van der Waals surface area (Å²) in [6, 6.07) is 4.32. The highest BCUT2D eigenvalue weighted by Crippen LogP contribution is 2.27. The topological polar surface area (TPSA) is 52.7 Å². The molecule has 7 heteroatoms. The zero-order valence-corrected chi connectivity index (χ0v) is 17.6. The second kappa shape index (κ2) is 8.37. The van der Waals surface area contributed by atoms with Crippen LogP contribution in [-0.4, -0.2) is 60.4 Å². The fourth-order valence-electron chi connectivity index (χ4n) is 3.87. The summed E-state index contributed by atoms with van der Waals surface area (Å²) in [5, 5.41) is 3.12. The molecule has 0 aliphatic carbocycles. The van der Waals surface area contributed by atoms with Crippen LogP contribution in [0.5, 0.6) is 0 Å². The van der Waals surface area contributed by atoms with Crippen molar-refractivity contribution < 1.29 is 14.0 Å². The smallest absolute Gasteiger partial charge is 0.251 e. The third-order valence-corrected chi connectivity index (χ3v) is 5.85. The van der Waals surface area contributed by atoms with Crippen LogP contribution in [0, 0.1) is 17.2 Å². The van der Waals surface area contributed by atoms with E-state index in [0.29, 0.717) is 18.5 Å². The maximum atomic E-state index is 13.4. The molecular formula is C21H29ClFN3O2. The number of piperidine rings is 1. The quantitative estimate of drug-likeness (QED) is 0.830. The van der Waals surface area contributed by atoms with E-state index < -0.39 is 5.82 Å². The number of carbonyl (C=O) groups excluding carboxylic acids is 2. The Labute approximate surface area is 171 Å². The van der Waals surface area contributed by atoms with Crippen LogP contribution in [-0.2, 0) is 4.79 Å². The van der Waals surface area contributed by atoms with Gasteiger partial charge in [-0.3, -0.25) is 14.5 Å². The normalized spacial score (nSPS) is 19.4. The molecule has 2 saturated heterocycles. The molecule has 1 aromatic carbocycles. The number of hydrogen-bond donors (Lipinski definition) is 1. The lowest BCUT2D eigenvalue weighted by molar-refractivity contribution is -0.147. The number of halogens is 2. The molecule has 154 valence electrons. The highest BCUT2D eigenvalue weighted by atomic mass is 35.5. The summed E-state index contributed by atoms with van der Waals surface area (Å²) >= 11 is 5.81. The lowest BCUT2D eigenvalue weighted by Crippen LogP contribution is -2.63. The Morgan fingerprint density at radius 3 is 2.39 bits per heavy atom. The van der Waals surface area contributed by atoms with E-state index in [4.69, 9.17) is 11.6 Å². The van der Waals surface area contributed by atoms with Gasteiger partial charge in [-0.25, -0.2) is 4.39 Å². The van der Waals surface area contributed by atoms with Crippen LogP contribution in [0.3, 0.4) is 0 Å². The molecule has 2 amide bonds. The predicted octanol–water partition coefficient (Wildman–Crippen LogP) is 3.18. The number of hydrogen-bond acceptors (Lipinski definition) is 3. The minimum absolute atomic E-state index is 0.220. The van der Waals surface area contributed by atoms with Crippen LogP contribution in [0.15, 0.2) is 18.2 Å². The Hall–Kier alpha value is -1.66. The number of benzene rings is 1. The molecule has 0 saturated carbocycles. The van der Waals surface area contributed by atoms with Crippen LogP contribution in [0.25, 0.3) is 0 Å². The minimum atomic E-state index is -0.509. The van der Waals surface area contributed by atoms with Crippen molar-refractivity contribution in [2.75, 3.05) is 32.7 Å². The van der Waals surface area contributed by atoms with Crippen LogP contribution < -0.4 is 5.32 Å². The average molecular weight is 410 g/mol. The molecule has 2 heterocycles. The Kier molecular flexibility index (Phi) is 6.30. The van der Waals surface area contributed by atoms with Crippen molar-refractivity contribution in [3.8, 4) is 0 Å². The minimum Gasteiger partial charge on any atom is -0.352 e. The molecule has 5 nitrogen and oxygen atoms in total. The summed E-state index contributed by atoms with van der Waals surface area (Å²) in [5.41, 5.74) is -0.0669. The van der Waals surface area contributed by atoms with Crippen LogP contribution in [0.2, 0.25) is 5.02 Å². The highest BCUT2D eigenvalue weighted by Gasteiger charge is 2.39. The van der Waals surface area contributed by atoms with Crippen LogP contribution in [0.4, 0.5) is 4.39 Å². The third kappa shape index (κ3) is 5.03. The van der Waals surface area contributed by atoms with Gasteiger partial charge in [0.2, 0.25) is 5.91 Å². The Morgan fingerprint density at radius 2 is 1.82 bits per heavy atom. The van der Waals surface area contributed by atoms with Gasteiger partial charge >= 0.3 is 0 Å². The van der Waals surface area contributed by atoms with E-state index in [9.17, 15) is 14.0 Å². The molecule has 0 bridgehead atoms. The van der Waals surface area contributed by atoms with Crippen molar-refractivity contribution >= 4 is 23.4 Å². The molecule has 2 aliphatic heterocycles. The first-order chi connectivity index (χ1) is 13.1. The van der Waals surface area contributed by atoms with Crippen LogP contribution in [0.1, 0.15) is 44.0 Å². The van der Waals surface area contributed by atoms with E-state index in [2.05, 4.69) is 10.2 Å². The molecule has 28 heavy (non-hydrogen) atoms. The summed E-state index contributed by atoms with van der Waals surface area (Å²) < 4.78 is 13.4. The summed E-state index contributed by atoms with van der Waals surface area (Å²) in [6.07, 6.45) is 2.02. The van der Waals surface area contributed by atoms with Crippen molar-refractivity contribution in [2.24, 2.45) is 11.3 Å². The van der Waals surface area contributed by atoms with Gasteiger partial charge in [0.25, 0.3) is 5.91 Å². The molecule has 2 aliphatic rings. The maximum absolute atomic E-state index is 13.4. The fourth-order valence-corrected chi connectivity index (χ4v) is 4.09. The second-order valence-electron chi connectivity index (χ2n) is 8.96. The molecular weight excluding hydrogens is 381 g/mol. The molecule has 0 spiro atoms. The van der Waals surface area contributed by atoms with Crippen LogP contribution >= 0.6 is 11.6 Å². The van der Waals surface area contributed by atoms with Gasteiger partial charge in [-0.1, -0.05) is 32.4 Å². The van der Waals surface area contributed by atoms with E-state index in [0.717, 1.165) is 39.0 Å². The van der Waals surface area contributed by atoms with E-state index in [-0.39, 0.29) is 27.8 Å². The summed E-state index contributed by atoms with van der Waals surface area (Å²) in [4.78, 5) is 28.9. The van der Waals surface area contributed by atoms with Crippen molar-refractivity contribution in [3.63, 3.8) is 0 Å². The molecule has 0 atom stereocenters. The lowest BCUT2D eigenvalue weighted by atomic mass is 9.90. The van der Waals surface area contributed by atoms with Gasteiger partial charge in [-0.05, 0) is 50.0 Å². The Bertz CT molecular complexity index is 715. The zero-order chi connectivity index (χ0) is 20.5. The van der Waals surface area contributed by atoms with Gasteiger partial charge in [0, 0.05) is 41.7 Å². The first-order valence-corrected chi connectivity index (χ1v) is 10.3. The average Bonchev–Trinajstić information content (AvgIpc) is 2.57. The Balaban J connectivity index is 1.39. The number of carbonyl (C=O) groups is 2. The standard InChI is InChI=1S/C21H29ClFN3O2/c1-21(2,3)20(28)26-12-18(13-26)25-6-4-14(5-7-25)11-24-19(27)15-8-16(22)10-17(23)9-15/h8-10,14,18H,4-7,11-13H2,1-3H3,(H,24,27). The SMILES string of the molecule is CC(C)(C)C(=O)N1CC(N2CCC(CNC(=O)c3cc(F)cc(Cl)c3)CC2)C1. The van der Waals surface area contributed by atoms with Crippen molar-refractivity contribution in [1.29, 1.82) is 0 Å². The van der Waals surface area contributed by atoms with E-state index in [1.165, 1.54) is 18.2 Å². The molecule has 0 aromatic heterocycles. The lowest BCUT2D eigenvalue weighted by Gasteiger charge is -2.49. The van der Waals surface area contributed by atoms with E-state index in [1.54, 1.807) is 0 Å². The van der Waals surface area contributed by atoms with E-state index >= 15 is 0 Å². The van der Waals surface area contributed by atoms with Gasteiger partial charge in [0.15, 0.2) is 0 Å². The van der Waals surface area contributed by atoms with Gasteiger partial charge < -0.3 is 10.2 Å². The largest absolute Gasteiger partial charge is 0.352 e. The van der Waals surface area contributed by atoms with Gasteiger partial charge in [-0.2, -0.15) is 0 Å². The van der Waals surface area contributed by atoms with Gasteiger partial charge in [0.05, 0.1) is 0 Å². The predicted molar refractivity (Wildman–Crippen MR) is 108 cm³/mol. The molecule has 0 unspecified atom stereocenters. The first-order valence-electron chi connectivity index (χ1n) is 9.91.